The van der Waals surface area contributed by atoms with Crippen molar-refractivity contribution in [1.29, 1.82) is 0 Å². The molecular formula is C37H32N4O2. The monoisotopic (exact) mass is 564 g/mol. The van der Waals surface area contributed by atoms with Crippen LogP contribution in [0.4, 0.5) is 5.69 Å². The van der Waals surface area contributed by atoms with Gasteiger partial charge in [-0.05, 0) is 75.6 Å². The Morgan fingerprint density at radius 2 is 1.37 bits per heavy atom. The summed E-state index contributed by atoms with van der Waals surface area (Å²) in [5.41, 5.74) is 9.99. The van der Waals surface area contributed by atoms with Crippen LogP contribution in [-0.2, 0) is 0 Å². The van der Waals surface area contributed by atoms with Crippen LogP contribution in [0.5, 0.6) is 0 Å². The molecule has 2 amide bonds. The van der Waals surface area contributed by atoms with Gasteiger partial charge in [0, 0.05) is 28.7 Å². The second kappa shape index (κ2) is 10.8. The number of aryl methyl sites for hydroxylation is 3. The molecule has 2 aromatic heterocycles. The Hall–Kier alpha value is -5.36. The lowest BCUT2D eigenvalue weighted by Gasteiger charge is -2.20. The van der Waals surface area contributed by atoms with Crippen molar-refractivity contribution in [2.24, 2.45) is 0 Å². The molecule has 43 heavy (non-hydrogen) atoms. The number of hydrogen-bond donors (Lipinski definition) is 0. The smallest absolute Gasteiger partial charge is 0.268 e. The minimum atomic E-state index is -0.306. The zero-order valence-corrected chi connectivity index (χ0v) is 25.0. The largest absolute Gasteiger partial charge is 0.308 e. The van der Waals surface area contributed by atoms with Gasteiger partial charge in [-0.15, -0.1) is 6.58 Å². The fourth-order valence-electron chi connectivity index (χ4n) is 6.04. The molecular weight excluding hydrogens is 532 g/mol. The Balaban J connectivity index is 0.000000777. The first-order valence-electron chi connectivity index (χ1n) is 14.2. The maximum Gasteiger partial charge on any atom is 0.268 e. The molecule has 0 saturated heterocycles. The number of nitrogens with zero attached hydrogens (tertiary/aromatic N) is 4. The number of carbonyl (C=O) groups is 2. The van der Waals surface area contributed by atoms with Crippen LogP contribution in [0.25, 0.3) is 38.6 Å². The predicted octanol–water partition coefficient (Wildman–Crippen LogP) is 8.55. The topological polar surface area (TPSA) is 68.1 Å². The van der Waals surface area contributed by atoms with E-state index in [0.29, 0.717) is 22.5 Å². The fraction of sp³-hybridized carbons (Fsp3) is 0.135. The summed E-state index contributed by atoms with van der Waals surface area (Å²) in [6.07, 6.45) is 5.08. The van der Waals surface area contributed by atoms with E-state index in [9.17, 15) is 9.59 Å². The molecule has 0 radical (unpaired) electrons. The van der Waals surface area contributed by atoms with E-state index in [1.807, 2.05) is 77.1 Å². The number of fused-ring (bicyclic) bond motifs is 4. The molecule has 4 aromatic carbocycles. The van der Waals surface area contributed by atoms with Gasteiger partial charge in [0.15, 0.2) is 0 Å². The summed E-state index contributed by atoms with van der Waals surface area (Å²) in [6, 6.07) is 23.9. The molecule has 6 heteroatoms. The van der Waals surface area contributed by atoms with Gasteiger partial charge in [-0.3, -0.25) is 9.59 Å². The quantitative estimate of drug-likeness (QED) is 0.160. The van der Waals surface area contributed by atoms with E-state index in [-0.39, 0.29) is 11.8 Å². The first kappa shape index (κ1) is 27.8. The first-order chi connectivity index (χ1) is 20.7. The highest BCUT2D eigenvalue weighted by Gasteiger charge is 2.40. The molecule has 0 saturated carbocycles. The van der Waals surface area contributed by atoms with E-state index >= 15 is 0 Å². The predicted molar refractivity (Wildman–Crippen MR) is 174 cm³/mol. The van der Waals surface area contributed by atoms with Crippen molar-refractivity contribution in [3.8, 4) is 16.8 Å². The molecule has 1 aliphatic heterocycles. The van der Waals surface area contributed by atoms with Gasteiger partial charge in [0.2, 0.25) is 0 Å². The number of rotatable bonds is 3. The second-order valence-electron chi connectivity index (χ2n) is 11.3. The van der Waals surface area contributed by atoms with Gasteiger partial charge in [0.05, 0.1) is 33.5 Å². The summed E-state index contributed by atoms with van der Waals surface area (Å²) in [5.74, 6) is -0.603. The van der Waals surface area contributed by atoms with Crippen LogP contribution in [0, 0.1) is 20.8 Å². The van der Waals surface area contributed by atoms with E-state index in [1.54, 1.807) is 18.5 Å². The number of benzene rings is 4. The molecule has 0 aliphatic carbocycles. The van der Waals surface area contributed by atoms with Crippen molar-refractivity contribution in [2.75, 3.05) is 4.90 Å². The van der Waals surface area contributed by atoms with Crippen LogP contribution in [0.15, 0.2) is 104 Å². The number of hydrogen-bond acceptors (Lipinski definition) is 4. The van der Waals surface area contributed by atoms with Crippen LogP contribution in [-0.4, -0.2) is 26.3 Å². The van der Waals surface area contributed by atoms with E-state index in [4.69, 9.17) is 0 Å². The zero-order valence-electron chi connectivity index (χ0n) is 25.0. The van der Waals surface area contributed by atoms with E-state index < -0.39 is 0 Å². The van der Waals surface area contributed by atoms with Crippen molar-refractivity contribution in [2.45, 2.75) is 34.6 Å². The summed E-state index contributed by atoms with van der Waals surface area (Å²) < 4.78 is 2.10. The number of para-hydroxylation sites is 1. The second-order valence-corrected chi connectivity index (χ2v) is 11.3. The van der Waals surface area contributed by atoms with Crippen LogP contribution in [0.3, 0.4) is 0 Å². The maximum atomic E-state index is 14.1. The van der Waals surface area contributed by atoms with Gasteiger partial charge < -0.3 is 4.57 Å². The average Bonchev–Trinajstić information content (AvgIpc) is 3.44. The number of imide groups is 1. The van der Waals surface area contributed by atoms with Gasteiger partial charge in [-0.25, -0.2) is 14.9 Å². The Labute approximate surface area is 251 Å². The summed E-state index contributed by atoms with van der Waals surface area (Å²) >= 11 is 0. The SMILES string of the molecule is C=C(C)C.Cc1cc(C)c(N2C(=O)c3cccc(-n4c5ccccc5c5ccc(-c6cncnc6)cc54)c3C2=O)c(C)c1. The summed E-state index contributed by atoms with van der Waals surface area (Å²) in [6.45, 7) is 13.4. The minimum Gasteiger partial charge on any atom is -0.308 e. The molecule has 6 aromatic rings. The highest BCUT2D eigenvalue weighted by atomic mass is 16.2. The molecule has 212 valence electrons. The van der Waals surface area contributed by atoms with E-state index in [1.165, 1.54) is 16.8 Å². The number of carbonyl (C=O) groups excluding carboxylic acids is 2. The molecule has 0 spiro atoms. The van der Waals surface area contributed by atoms with Crippen LogP contribution >= 0.6 is 0 Å². The first-order valence-corrected chi connectivity index (χ1v) is 14.2. The Morgan fingerprint density at radius 1 is 0.721 bits per heavy atom. The standard InChI is InChI=1S/C33H24N4O2.C4H8/c1-19-13-20(2)31(21(3)14-19)37-32(38)26-8-6-10-28(30(26)33(37)39)36-27-9-5-4-7-24(27)25-12-11-22(15-29(25)36)23-16-34-18-35-17-23;1-4(2)3/h4-18H,1-3H3;1H2,2-3H3. The van der Waals surface area contributed by atoms with Crippen molar-refractivity contribution < 1.29 is 9.59 Å². The van der Waals surface area contributed by atoms with Crippen LogP contribution in [0.1, 0.15) is 51.3 Å². The lowest BCUT2D eigenvalue weighted by molar-refractivity contribution is 0.0925. The molecule has 0 bridgehead atoms. The van der Waals surface area contributed by atoms with Gasteiger partial charge in [-0.1, -0.05) is 59.7 Å². The normalized spacial score (nSPS) is 12.4. The number of allylic oxidation sites excluding steroid dienone is 1. The molecule has 3 heterocycles. The van der Waals surface area contributed by atoms with Crippen molar-refractivity contribution in [3.05, 3.63) is 131 Å². The molecule has 0 fully saturated rings. The van der Waals surface area contributed by atoms with Crippen LogP contribution in [0.2, 0.25) is 0 Å². The Bertz CT molecular complexity index is 2060. The summed E-state index contributed by atoms with van der Waals surface area (Å²) in [5, 5.41) is 2.13. The maximum absolute atomic E-state index is 14.1. The summed E-state index contributed by atoms with van der Waals surface area (Å²) in [7, 11) is 0. The van der Waals surface area contributed by atoms with Gasteiger partial charge >= 0.3 is 0 Å². The Kier molecular flexibility index (Phi) is 6.98. The van der Waals surface area contributed by atoms with Crippen LogP contribution < -0.4 is 4.90 Å². The lowest BCUT2D eigenvalue weighted by Crippen LogP contribution is -2.31. The van der Waals surface area contributed by atoms with Crippen molar-refractivity contribution in [3.63, 3.8) is 0 Å². The van der Waals surface area contributed by atoms with E-state index in [2.05, 4.69) is 45.4 Å². The summed E-state index contributed by atoms with van der Waals surface area (Å²) in [4.78, 5) is 37.6. The third kappa shape index (κ3) is 4.71. The number of anilines is 1. The Morgan fingerprint density at radius 3 is 2.07 bits per heavy atom. The molecule has 0 atom stereocenters. The molecule has 6 nitrogen and oxygen atoms in total. The molecule has 0 unspecified atom stereocenters. The molecule has 7 rings (SSSR count). The van der Waals surface area contributed by atoms with Gasteiger partial charge in [0.25, 0.3) is 11.8 Å². The van der Waals surface area contributed by atoms with E-state index in [0.717, 1.165) is 49.6 Å². The minimum absolute atomic E-state index is 0.296. The third-order valence-electron chi connectivity index (χ3n) is 7.56. The van der Waals surface area contributed by atoms with Gasteiger partial charge in [0.1, 0.15) is 6.33 Å². The highest BCUT2D eigenvalue weighted by Crippen LogP contribution is 2.40. The highest BCUT2D eigenvalue weighted by molar-refractivity contribution is 6.36. The lowest BCUT2D eigenvalue weighted by atomic mass is 10.0. The fourth-order valence-corrected chi connectivity index (χ4v) is 6.04. The number of amides is 2. The number of aromatic nitrogens is 3. The van der Waals surface area contributed by atoms with Crippen molar-refractivity contribution >= 4 is 39.3 Å². The van der Waals surface area contributed by atoms with Crippen molar-refractivity contribution in [1.82, 2.24) is 14.5 Å². The van der Waals surface area contributed by atoms with Gasteiger partial charge in [-0.2, -0.15) is 0 Å². The average molecular weight is 565 g/mol. The molecule has 0 N–H and O–H groups in total. The third-order valence-corrected chi connectivity index (χ3v) is 7.56. The molecule has 1 aliphatic rings. The zero-order chi connectivity index (χ0) is 30.4.